The third-order valence-corrected chi connectivity index (χ3v) is 5.02. The molecule has 1 heterocycles. The molecule has 3 amide bonds. The smallest absolute Gasteiger partial charge is 0.266 e. The van der Waals surface area contributed by atoms with E-state index in [1.807, 2.05) is 6.07 Å². The van der Waals surface area contributed by atoms with Crippen molar-refractivity contribution < 1.29 is 19.1 Å². The molecule has 31 heavy (non-hydrogen) atoms. The topological polar surface area (TPSA) is 75.7 Å². The van der Waals surface area contributed by atoms with Gasteiger partial charge in [0.05, 0.1) is 23.4 Å². The maximum Gasteiger partial charge on any atom is 0.266 e. The van der Waals surface area contributed by atoms with Gasteiger partial charge in [0.1, 0.15) is 5.75 Å². The summed E-state index contributed by atoms with van der Waals surface area (Å²) in [5.41, 5.74) is 2.10. The maximum atomic E-state index is 12.7. The Morgan fingerprint density at radius 2 is 1.61 bits per heavy atom. The number of hydrogen-bond acceptors (Lipinski definition) is 4. The van der Waals surface area contributed by atoms with Crippen LogP contribution in [-0.2, 0) is 0 Å². The number of benzene rings is 3. The normalized spacial score (nSPS) is 12.6. The van der Waals surface area contributed by atoms with E-state index in [1.54, 1.807) is 66.7 Å². The highest BCUT2D eigenvalue weighted by atomic mass is 16.5. The molecule has 1 aliphatic heterocycles. The first-order valence-electron chi connectivity index (χ1n) is 10.2. The van der Waals surface area contributed by atoms with E-state index in [0.29, 0.717) is 40.4 Å². The van der Waals surface area contributed by atoms with Crippen LogP contribution >= 0.6 is 0 Å². The number of hydrogen-bond donors (Lipinski definition) is 1. The van der Waals surface area contributed by atoms with Crippen molar-refractivity contribution in [3.63, 3.8) is 0 Å². The second-order valence-corrected chi connectivity index (χ2v) is 7.23. The number of anilines is 2. The van der Waals surface area contributed by atoms with Crippen molar-refractivity contribution in [1.82, 2.24) is 0 Å². The lowest BCUT2D eigenvalue weighted by atomic mass is 10.1. The van der Waals surface area contributed by atoms with Crippen LogP contribution in [0.4, 0.5) is 11.4 Å². The Labute approximate surface area is 180 Å². The quantitative estimate of drug-likeness (QED) is 0.440. The summed E-state index contributed by atoms with van der Waals surface area (Å²) in [7, 11) is 0. The molecule has 1 N–H and O–H groups in total. The van der Waals surface area contributed by atoms with Gasteiger partial charge in [-0.05, 0) is 55.0 Å². The minimum absolute atomic E-state index is 0.305. The highest BCUT2D eigenvalue weighted by Gasteiger charge is 2.36. The number of rotatable bonds is 7. The molecular formula is C25H22N2O4. The van der Waals surface area contributed by atoms with Crippen molar-refractivity contribution in [2.75, 3.05) is 16.8 Å². The fraction of sp³-hybridized carbons (Fsp3) is 0.160. The monoisotopic (exact) mass is 414 g/mol. The minimum atomic E-state index is -0.374. The summed E-state index contributed by atoms with van der Waals surface area (Å²) in [5.74, 6) is -0.414. The number of imide groups is 1. The van der Waals surface area contributed by atoms with Gasteiger partial charge in [0.15, 0.2) is 0 Å². The summed E-state index contributed by atoms with van der Waals surface area (Å²) in [5, 5.41) is 2.82. The van der Waals surface area contributed by atoms with E-state index in [0.717, 1.165) is 17.7 Å². The summed E-state index contributed by atoms with van der Waals surface area (Å²) in [4.78, 5) is 39.3. The van der Waals surface area contributed by atoms with Crippen LogP contribution in [0.1, 0.15) is 50.8 Å². The minimum Gasteiger partial charge on any atom is -0.494 e. The number of carbonyl (C=O) groups excluding carboxylic acids is 3. The highest BCUT2D eigenvalue weighted by molar-refractivity contribution is 6.34. The van der Waals surface area contributed by atoms with E-state index < -0.39 is 0 Å². The van der Waals surface area contributed by atoms with Crippen molar-refractivity contribution in [3.05, 3.63) is 89.5 Å². The molecule has 0 fully saturated rings. The highest BCUT2D eigenvalue weighted by Crippen LogP contribution is 2.30. The Bertz CT molecular complexity index is 1120. The van der Waals surface area contributed by atoms with E-state index in [4.69, 9.17) is 4.74 Å². The molecular weight excluding hydrogens is 392 g/mol. The number of carbonyl (C=O) groups is 3. The Hall–Kier alpha value is -3.93. The molecule has 6 nitrogen and oxygen atoms in total. The van der Waals surface area contributed by atoms with Gasteiger partial charge in [-0.25, -0.2) is 4.90 Å². The molecule has 0 saturated carbocycles. The van der Waals surface area contributed by atoms with Gasteiger partial charge < -0.3 is 10.1 Å². The Balaban J connectivity index is 1.51. The number of nitrogens with one attached hydrogen (secondary N) is 1. The van der Waals surface area contributed by atoms with E-state index in [9.17, 15) is 14.4 Å². The molecule has 0 atom stereocenters. The van der Waals surface area contributed by atoms with E-state index in [-0.39, 0.29) is 17.7 Å². The lowest BCUT2D eigenvalue weighted by Crippen LogP contribution is -2.29. The molecule has 0 aliphatic carbocycles. The van der Waals surface area contributed by atoms with Crippen molar-refractivity contribution in [2.45, 2.75) is 19.8 Å². The molecule has 1 aliphatic rings. The molecule has 0 aromatic heterocycles. The van der Waals surface area contributed by atoms with E-state index >= 15 is 0 Å². The second-order valence-electron chi connectivity index (χ2n) is 7.23. The average molecular weight is 414 g/mol. The van der Waals surface area contributed by atoms with Crippen molar-refractivity contribution in [2.24, 2.45) is 0 Å². The molecule has 0 spiro atoms. The number of fused-ring (bicyclic) bond motifs is 1. The van der Waals surface area contributed by atoms with Gasteiger partial charge in [-0.1, -0.05) is 37.6 Å². The van der Waals surface area contributed by atoms with Crippen LogP contribution in [0.5, 0.6) is 5.75 Å². The Kier molecular flexibility index (Phi) is 5.80. The molecule has 0 saturated heterocycles. The average Bonchev–Trinajstić information content (AvgIpc) is 3.05. The van der Waals surface area contributed by atoms with Gasteiger partial charge in [-0.2, -0.15) is 0 Å². The number of unbranched alkanes of at least 4 members (excludes halogenated alkanes) is 1. The van der Waals surface area contributed by atoms with Crippen LogP contribution in [0.15, 0.2) is 72.8 Å². The molecule has 0 unspecified atom stereocenters. The zero-order valence-electron chi connectivity index (χ0n) is 17.1. The number of amides is 3. The van der Waals surface area contributed by atoms with Crippen LogP contribution in [0, 0.1) is 0 Å². The maximum absolute atomic E-state index is 12.7. The zero-order chi connectivity index (χ0) is 21.8. The third kappa shape index (κ3) is 4.19. The Morgan fingerprint density at radius 3 is 2.32 bits per heavy atom. The summed E-state index contributed by atoms with van der Waals surface area (Å²) < 4.78 is 5.67. The van der Waals surface area contributed by atoms with Crippen LogP contribution in [-0.4, -0.2) is 24.3 Å². The molecule has 6 heteroatoms. The number of ether oxygens (including phenoxy) is 1. The van der Waals surface area contributed by atoms with Crippen molar-refractivity contribution in [1.29, 1.82) is 0 Å². The van der Waals surface area contributed by atoms with Crippen LogP contribution in [0.3, 0.4) is 0 Å². The van der Waals surface area contributed by atoms with Crippen molar-refractivity contribution >= 4 is 29.1 Å². The van der Waals surface area contributed by atoms with Crippen LogP contribution in [0.2, 0.25) is 0 Å². The number of nitrogens with zero attached hydrogens (tertiary/aromatic N) is 1. The molecule has 3 aromatic carbocycles. The predicted molar refractivity (Wildman–Crippen MR) is 119 cm³/mol. The summed E-state index contributed by atoms with van der Waals surface area (Å²) in [6, 6.07) is 20.4. The lowest BCUT2D eigenvalue weighted by Gasteiger charge is -2.15. The van der Waals surface area contributed by atoms with Crippen LogP contribution < -0.4 is 15.0 Å². The standard InChI is InChI=1S/C25H22N2O4/c1-2-3-14-31-20-11-6-8-17(15-20)23(28)26-18-9-7-10-19(16-18)27-24(29)21-12-4-5-13-22(21)25(27)30/h4-13,15-16H,2-3,14H2,1H3,(H,26,28). The summed E-state index contributed by atoms with van der Waals surface area (Å²) in [6.45, 7) is 2.69. The summed E-state index contributed by atoms with van der Waals surface area (Å²) in [6.07, 6.45) is 1.98. The third-order valence-electron chi connectivity index (χ3n) is 5.02. The van der Waals surface area contributed by atoms with E-state index in [1.165, 1.54) is 0 Å². The molecule has 156 valence electrons. The molecule has 0 bridgehead atoms. The predicted octanol–water partition coefficient (Wildman–Crippen LogP) is 4.92. The molecule has 0 radical (unpaired) electrons. The zero-order valence-corrected chi connectivity index (χ0v) is 17.1. The summed E-state index contributed by atoms with van der Waals surface area (Å²) >= 11 is 0. The lowest BCUT2D eigenvalue weighted by molar-refractivity contribution is 0.0925. The first-order chi connectivity index (χ1) is 15.1. The molecule has 3 aromatic rings. The first-order valence-corrected chi connectivity index (χ1v) is 10.2. The van der Waals surface area contributed by atoms with Gasteiger partial charge in [-0.3, -0.25) is 14.4 Å². The second kappa shape index (κ2) is 8.83. The molecule has 4 rings (SSSR count). The van der Waals surface area contributed by atoms with E-state index in [2.05, 4.69) is 12.2 Å². The fourth-order valence-electron chi connectivity index (χ4n) is 3.41. The first kappa shape index (κ1) is 20.3. The van der Waals surface area contributed by atoms with Gasteiger partial charge in [-0.15, -0.1) is 0 Å². The Morgan fingerprint density at radius 1 is 0.903 bits per heavy atom. The van der Waals surface area contributed by atoms with Gasteiger partial charge >= 0.3 is 0 Å². The van der Waals surface area contributed by atoms with Crippen molar-refractivity contribution in [3.8, 4) is 5.75 Å². The SMILES string of the molecule is CCCCOc1cccc(C(=O)Nc2cccc(N3C(=O)c4ccccc4C3=O)c2)c1. The largest absolute Gasteiger partial charge is 0.494 e. The van der Waals surface area contributed by atoms with Gasteiger partial charge in [0.2, 0.25) is 0 Å². The van der Waals surface area contributed by atoms with Crippen LogP contribution in [0.25, 0.3) is 0 Å². The van der Waals surface area contributed by atoms with Gasteiger partial charge in [0, 0.05) is 11.3 Å². The fourth-order valence-corrected chi connectivity index (χ4v) is 3.41. The van der Waals surface area contributed by atoms with Gasteiger partial charge in [0.25, 0.3) is 17.7 Å².